The van der Waals surface area contributed by atoms with E-state index in [1.807, 2.05) is 13.8 Å². The Labute approximate surface area is 112 Å². The molecule has 0 saturated heterocycles. The van der Waals surface area contributed by atoms with Gasteiger partial charge in [-0.2, -0.15) is 0 Å². The minimum atomic E-state index is -3.12. The summed E-state index contributed by atoms with van der Waals surface area (Å²) in [6.07, 6.45) is 8.08. The highest BCUT2D eigenvalue weighted by atomic mass is 32.2. The molecular weight excluding hydrogens is 248 g/mol. The maximum atomic E-state index is 11.9. The van der Waals surface area contributed by atoms with Gasteiger partial charge in [-0.15, -0.1) is 0 Å². The molecule has 0 radical (unpaired) electrons. The number of hydrogen-bond donors (Lipinski definition) is 2. The van der Waals surface area contributed by atoms with E-state index in [1.165, 1.54) is 19.3 Å². The summed E-state index contributed by atoms with van der Waals surface area (Å²) in [5.74, 6) is 0.182. The van der Waals surface area contributed by atoms with Crippen LogP contribution in [-0.4, -0.2) is 32.8 Å². The van der Waals surface area contributed by atoms with Crippen molar-refractivity contribution in [2.24, 2.45) is 0 Å². The molecule has 0 amide bonds. The van der Waals surface area contributed by atoms with Gasteiger partial charge in [0.1, 0.15) is 0 Å². The zero-order valence-electron chi connectivity index (χ0n) is 11.7. The van der Waals surface area contributed by atoms with Gasteiger partial charge in [-0.1, -0.05) is 46.0 Å². The van der Waals surface area contributed by atoms with Crippen LogP contribution in [0.3, 0.4) is 0 Å². The van der Waals surface area contributed by atoms with Crippen LogP contribution in [0.25, 0.3) is 0 Å². The van der Waals surface area contributed by atoms with Gasteiger partial charge in [0.05, 0.1) is 5.75 Å². The summed E-state index contributed by atoms with van der Waals surface area (Å²) in [5, 5.41) is 3.14. The van der Waals surface area contributed by atoms with Gasteiger partial charge in [0.15, 0.2) is 0 Å². The highest BCUT2D eigenvalue weighted by molar-refractivity contribution is 7.89. The smallest absolute Gasteiger partial charge is 0.213 e. The Morgan fingerprint density at radius 1 is 1.06 bits per heavy atom. The van der Waals surface area contributed by atoms with Crippen LogP contribution in [0.5, 0.6) is 0 Å². The molecule has 0 unspecified atom stereocenters. The Morgan fingerprint density at radius 3 is 2.17 bits per heavy atom. The number of sulfonamides is 1. The first-order valence-corrected chi connectivity index (χ1v) is 8.88. The minimum absolute atomic E-state index is 0.161. The van der Waals surface area contributed by atoms with E-state index < -0.39 is 10.0 Å². The molecule has 0 aliphatic heterocycles. The Balaban J connectivity index is 2.33. The van der Waals surface area contributed by atoms with E-state index in [-0.39, 0.29) is 11.8 Å². The van der Waals surface area contributed by atoms with Gasteiger partial charge in [0.25, 0.3) is 0 Å². The fraction of sp³-hybridized carbons (Fsp3) is 1.00. The van der Waals surface area contributed by atoms with Crippen LogP contribution in [-0.2, 0) is 10.0 Å². The van der Waals surface area contributed by atoms with Crippen LogP contribution in [0.1, 0.15) is 58.8 Å². The van der Waals surface area contributed by atoms with Gasteiger partial charge >= 0.3 is 0 Å². The van der Waals surface area contributed by atoms with Crippen LogP contribution >= 0.6 is 0 Å². The molecule has 4 nitrogen and oxygen atoms in total. The van der Waals surface area contributed by atoms with E-state index in [0.29, 0.717) is 12.6 Å². The molecule has 18 heavy (non-hydrogen) atoms. The van der Waals surface area contributed by atoms with Crippen molar-refractivity contribution in [2.45, 2.75) is 70.9 Å². The lowest BCUT2D eigenvalue weighted by molar-refractivity contribution is 0.426. The van der Waals surface area contributed by atoms with E-state index in [4.69, 9.17) is 0 Å². The molecule has 0 aromatic rings. The molecule has 1 saturated carbocycles. The molecule has 1 rings (SSSR count). The average molecular weight is 276 g/mol. The Bertz CT molecular complexity index is 307. The molecule has 1 fully saturated rings. The molecule has 0 atom stereocenters. The van der Waals surface area contributed by atoms with Gasteiger partial charge in [-0.25, -0.2) is 13.1 Å². The quantitative estimate of drug-likeness (QED) is 0.780. The molecule has 0 aromatic carbocycles. The normalized spacial score (nSPS) is 19.7. The first-order valence-electron chi connectivity index (χ1n) is 7.23. The standard InChI is InChI=1S/C13H28N2O2S/c1-12(2)14-10-11-18(16,17)15-13-8-6-4-3-5-7-9-13/h12-15H,3-11H2,1-2H3. The Morgan fingerprint density at radius 2 is 1.61 bits per heavy atom. The highest BCUT2D eigenvalue weighted by Crippen LogP contribution is 2.17. The van der Waals surface area contributed by atoms with Crippen LogP contribution in [0, 0.1) is 0 Å². The van der Waals surface area contributed by atoms with Crippen molar-refractivity contribution >= 4 is 10.0 Å². The third kappa shape index (κ3) is 7.34. The summed E-state index contributed by atoms with van der Waals surface area (Å²) in [7, 11) is -3.12. The van der Waals surface area contributed by atoms with Crippen molar-refractivity contribution in [3.63, 3.8) is 0 Å². The lowest BCUT2D eigenvalue weighted by Crippen LogP contribution is -2.40. The van der Waals surface area contributed by atoms with Gasteiger partial charge in [0.2, 0.25) is 10.0 Å². The second-order valence-corrected chi connectivity index (χ2v) is 7.46. The third-order valence-electron chi connectivity index (χ3n) is 3.37. The SMILES string of the molecule is CC(C)NCCS(=O)(=O)NC1CCCCCCC1. The van der Waals surface area contributed by atoms with Crippen LogP contribution in [0.2, 0.25) is 0 Å². The van der Waals surface area contributed by atoms with Crippen molar-refractivity contribution < 1.29 is 8.42 Å². The topological polar surface area (TPSA) is 58.2 Å². The minimum Gasteiger partial charge on any atom is -0.313 e. The summed E-state index contributed by atoms with van der Waals surface area (Å²) < 4.78 is 26.7. The molecule has 1 aliphatic carbocycles. The monoisotopic (exact) mass is 276 g/mol. The van der Waals surface area contributed by atoms with E-state index in [0.717, 1.165) is 25.7 Å². The van der Waals surface area contributed by atoms with Gasteiger partial charge in [0, 0.05) is 18.6 Å². The third-order valence-corrected chi connectivity index (χ3v) is 4.81. The van der Waals surface area contributed by atoms with Crippen molar-refractivity contribution in [2.75, 3.05) is 12.3 Å². The van der Waals surface area contributed by atoms with Crippen molar-refractivity contribution in [3.05, 3.63) is 0 Å². The fourth-order valence-electron chi connectivity index (χ4n) is 2.37. The van der Waals surface area contributed by atoms with Gasteiger partial charge in [-0.3, -0.25) is 0 Å². The first kappa shape index (κ1) is 15.9. The predicted octanol–water partition coefficient (Wildman–Crippen LogP) is 2.02. The van der Waals surface area contributed by atoms with E-state index in [1.54, 1.807) is 0 Å². The Hall–Kier alpha value is -0.130. The number of rotatable bonds is 6. The summed E-state index contributed by atoms with van der Waals surface area (Å²) >= 11 is 0. The molecule has 108 valence electrons. The predicted molar refractivity (Wildman–Crippen MR) is 76.2 cm³/mol. The summed E-state index contributed by atoms with van der Waals surface area (Å²) in [6, 6.07) is 0.496. The summed E-state index contributed by atoms with van der Waals surface area (Å²) in [5.41, 5.74) is 0. The van der Waals surface area contributed by atoms with Crippen molar-refractivity contribution in [1.82, 2.24) is 10.0 Å². The molecule has 0 aromatic heterocycles. The second-order valence-electron chi connectivity index (χ2n) is 5.59. The maximum absolute atomic E-state index is 11.9. The molecule has 2 N–H and O–H groups in total. The van der Waals surface area contributed by atoms with Gasteiger partial charge < -0.3 is 5.32 Å². The molecular formula is C13H28N2O2S. The van der Waals surface area contributed by atoms with Crippen molar-refractivity contribution in [1.29, 1.82) is 0 Å². The molecule has 0 heterocycles. The molecule has 5 heteroatoms. The van der Waals surface area contributed by atoms with Gasteiger partial charge in [-0.05, 0) is 12.8 Å². The Kier molecular flexibility index (Phi) is 7.19. The van der Waals surface area contributed by atoms with Crippen LogP contribution in [0.15, 0.2) is 0 Å². The van der Waals surface area contributed by atoms with E-state index >= 15 is 0 Å². The second kappa shape index (κ2) is 8.12. The number of nitrogens with one attached hydrogen (secondary N) is 2. The maximum Gasteiger partial charge on any atom is 0.213 e. The van der Waals surface area contributed by atoms with Crippen LogP contribution in [0.4, 0.5) is 0 Å². The fourth-order valence-corrected chi connectivity index (χ4v) is 3.62. The molecule has 0 bridgehead atoms. The summed E-state index contributed by atoms with van der Waals surface area (Å²) in [6.45, 7) is 4.57. The molecule has 1 aliphatic rings. The zero-order valence-corrected chi connectivity index (χ0v) is 12.6. The largest absolute Gasteiger partial charge is 0.313 e. The lowest BCUT2D eigenvalue weighted by atomic mass is 9.97. The average Bonchev–Trinajstić information content (AvgIpc) is 2.20. The van der Waals surface area contributed by atoms with Crippen molar-refractivity contribution in [3.8, 4) is 0 Å². The highest BCUT2D eigenvalue weighted by Gasteiger charge is 2.18. The number of hydrogen-bond acceptors (Lipinski definition) is 3. The zero-order chi connectivity index (χ0) is 13.4. The van der Waals surface area contributed by atoms with Crippen LogP contribution < -0.4 is 10.0 Å². The molecule has 0 spiro atoms. The van der Waals surface area contributed by atoms with E-state index in [2.05, 4.69) is 10.0 Å². The first-order chi connectivity index (χ1) is 8.49. The summed E-state index contributed by atoms with van der Waals surface area (Å²) in [4.78, 5) is 0. The lowest BCUT2D eigenvalue weighted by Gasteiger charge is -2.21. The van der Waals surface area contributed by atoms with E-state index in [9.17, 15) is 8.42 Å².